The molecule has 1 aliphatic heterocycles. The number of carbonyl (C=O) groups excluding carboxylic acids is 1. The van der Waals surface area contributed by atoms with Crippen molar-refractivity contribution in [2.24, 2.45) is 16.8 Å². The fraction of sp³-hybridized carbons (Fsp3) is 0.889. The van der Waals surface area contributed by atoms with Gasteiger partial charge in [-0.25, -0.2) is 0 Å². The van der Waals surface area contributed by atoms with E-state index in [1.165, 1.54) is 0 Å². The molecule has 26 heavy (non-hydrogen) atoms. The number of nitrogens with zero attached hydrogens (tertiary/aromatic N) is 2. The molecular weight excluding hydrogens is 445 g/mol. The lowest BCUT2D eigenvalue weighted by Crippen LogP contribution is -2.51. The number of aliphatic imine (C=N–C) groups is 1. The summed E-state index contributed by atoms with van der Waals surface area (Å²) >= 11 is 0. The van der Waals surface area contributed by atoms with E-state index in [1.807, 2.05) is 0 Å². The van der Waals surface area contributed by atoms with E-state index in [0.717, 1.165) is 58.1 Å². The molecule has 1 atom stereocenters. The van der Waals surface area contributed by atoms with Gasteiger partial charge in [0.15, 0.2) is 5.96 Å². The number of nitrogens with one attached hydrogen (secondary N) is 3. The normalized spacial score (nSPS) is 19.6. The molecule has 0 radical (unpaired) electrons. The van der Waals surface area contributed by atoms with Crippen molar-refractivity contribution in [3.8, 4) is 0 Å². The van der Waals surface area contributed by atoms with E-state index < -0.39 is 0 Å². The average Bonchev–Trinajstić information content (AvgIpc) is 3.45. The summed E-state index contributed by atoms with van der Waals surface area (Å²) in [7, 11) is 1.78. The molecule has 2 aliphatic rings. The lowest BCUT2D eigenvalue weighted by Gasteiger charge is -2.35. The number of rotatable bonds is 9. The summed E-state index contributed by atoms with van der Waals surface area (Å²) in [6.07, 6.45) is 3.24. The van der Waals surface area contributed by atoms with Gasteiger partial charge in [0.25, 0.3) is 0 Å². The highest BCUT2D eigenvalue weighted by molar-refractivity contribution is 14.0. The predicted molar refractivity (Wildman–Crippen MR) is 116 cm³/mol. The van der Waals surface area contributed by atoms with Crippen molar-refractivity contribution in [1.29, 1.82) is 0 Å². The molecule has 0 aromatic heterocycles. The van der Waals surface area contributed by atoms with Crippen LogP contribution in [-0.2, 0) is 9.53 Å². The molecule has 1 unspecified atom stereocenters. The fourth-order valence-corrected chi connectivity index (χ4v) is 3.14. The summed E-state index contributed by atoms with van der Waals surface area (Å²) < 4.78 is 5.47. The Labute approximate surface area is 175 Å². The maximum atomic E-state index is 11.6. The van der Waals surface area contributed by atoms with E-state index in [9.17, 15) is 4.79 Å². The monoisotopic (exact) mass is 481 g/mol. The van der Waals surface area contributed by atoms with Gasteiger partial charge in [0.05, 0.1) is 13.2 Å². The molecule has 1 heterocycles. The summed E-state index contributed by atoms with van der Waals surface area (Å²) in [6.45, 7) is 10.4. The number of morpholine rings is 1. The van der Waals surface area contributed by atoms with Gasteiger partial charge in [-0.2, -0.15) is 0 Å². The average molecular weight is 481 g/mol. The highest BCUT2D eigenvalue weighted by Gasteiger charge is 2.29. The Balaban J connectivity index is 0.00000338. The molecule has 1 amide bonds. The molecule has 0 bridgehead atoms. The number of amides is 1. The minimum absolute atomic E-state index is 0. The Morgan fingerprint density at radius 1 is 1.15 bits per heavy atom. The summed E-state index contributed by atoms with van der Waals surface area (Å²) in [5, 5.41) is 9.68. The van der Waals surface area contributed by atoms with Crippen LogP contribution in [0.2, 0.25) is 0 Å². The molecule has 2 fully saturated rings. The van der Waals surface area contributed by atoms with Crippen LogP contribution in [-0.4, -0.2) is 75.8 Å². The predicted octanol–water partition coefficient (Wildman–Crippen LogP) is 1.04. The maximum Gasteiger partial charge on any atom is 0.223 e. The number of halogens is 1. The van der Waals surface area contributed by atoms with E-state index in [1.54, 1.807) is 7.05 Å². The number of guanidine groups is 1. The minimum Gasteiger partial charge on any atom is -0.379 e. The zero-order chi connectivity index (χ0) is 18.1. The van der Waals surface area contributed by atoms with Gasteiger partial charge in [0.2, 0.25) is 5.91 Å². The first-order valence-corrected chi connectivity index (χ1v) is 9.64. The molecule has 8 heteroatoms. The third-order valence-electron chi connectivity index (χ3n) is 4.70. The second kappa shape index (κ2) is 12.7. The Morgan fingerprint density at radius 3 is 2.38 bits per heavy atom. The van der Waals surface area contributed by atoms with Crippen molar-refractivity contribution in [1.82, 2.24) is 20.9 Å². The van der Waals surface area contributed by atoms with E-state index in [0.29, 0.717) is 25.0 Å². The third-order valence-corrected chi connectivity index (χ3v) is 4.70. The Kier molecular flexibility index (Phi) is 11.5. The van der Waals surface area contributed by atoms with E-state index in [2.05, 4.69) is 39.7 Å². The molecule has 1 aliphatic carbocycles. The highest BCUT2D eigenvalue weighted by Crippen LogP contribution is 2.28. The molecule has 7 nitrogen and oxygen atoms in total. The van der Waals surface area contributed by atoms with E-state index >= 15 is 0 Å². The van der Waals surface area contributed by atoms with Gasteiger partial charge in [0, 0.05) is 51.7 Å². The first-order valence-electron chi connectivity index (χ1n) is 9.64. The lowest BCUT2D eigenvalue weighted by molar-refractivity contribution is -0.122. The molecule has 0 aromatic rings. The van der Waals surface area contributed by atoms with Crippen LogP contribution in [0.15, 0.2) is 4.99 Å². The molecule has 3 N–H and O–H groups in total. The zero-order valence-corrected chi connectivity index (χ0v) is 18.8. The van der Waals surface area contributed by atoms with Crippen LogP contribution in [0.25, 0.3) is 0 Å². The minimum atomic E-state index is 0. The molecule has 0 spiro atoms. The van der Waals surface area contributed by atoms with E-state index in [4.69, 9.17) is 4.74 Å². The first-order chi connectivity index (χ1) is 12.1. The molecule has 152 valence electrons. The van der Waals surface area contributed by atoms with Crippen molar-refractivity contribution < 1.29 is 9.53 Å². The number of hydrogen-bond donors (Lipinski definition) is 3. The number of hydrogen-bond acceptors (Lipinski definition) is 4. The van der Waals surface area contributed by atoms with Crippen molar-refractivity contribution in [3.05, 3.63) is 0 Å². The van der Waals surface area contributed by atoms with Crippen molar-refractivity contribution in [3.63, 3.8) is 0 Å². The Morgan fingerprint density at radius 2 is 1.81 bits per heavy atom. The number of carbonyl (C=O) groups is 1. The highest BCUT2D eigenvalue weighted by atomic mass is 127. The van der Waals surface area contributed by atoms with Crippen LogP contribution in [0.1, 0.15) is 33.1 Å². The first kappa shape index (κ1) is 23.4. The van der Waals surface area contributed by atoms with Crippen LogP contribution < -0.4 is 16.0 Å². The molecule has 0 aromatic carbocycles. The SMILES string of the molecule is CN=C(NCCNC(=O)C1CC1)NCC(CC(C)C)N1CCOCC1.I. The third kappa shape index (κ3) is 8.85. The smallest absolute Gasteiger partial charge is 0.223 e. The molecule has 1 saturated carbocycles. The van der Waals surface area contributed by atoms with Gasteiger partial charge in [0.1, 0.15) is 0 Å². The second-order valence-corrected chi connectivity index (χ2v) is 7.38. The quantitative estimate of drug-likeness (QED) is 0.199. The summed E-state index contributed by atoms with van der Waals surface area (Å²) in [4.78, 5) is 18.4. The van der Waals surface area contributed by atoms with Crippen LogP contribution in [0.5, 0.6) is 0 Å². The van der Waals surface area contributed by atoms with Gasteiger partial charge >= 0.3 is 0 Å². The summed E-state index contributed by atoms with van der Waals surface area (Å²) in [5.74, 6) is 1.90. The van der Waals surface area contributed by atoms with Crippen LogP contribution in [0, 0.1) is 11.8 Å². The van der Waals surface area contributed by atoms with Crippen LogP contribution in [0.4, 0.5) is 0 Å². The van der Waals surface area contributed by atoms with Crippen molar-refractivity contribution >= 4 is 35.8 Å². The fourth-order valence-electron chi connectivity index (χ4n) is 3.14. The van der Waals surface area contributed by atoms with Gasteiger partial charge in [-0.15, -0.1) is 24.0 Å². The second-order valence-electron chi connectivity index (χ2n) is 7.38. The molecule has 1 saturated heterocycles. The zero-order valence-electron chi connectivity index (χ0n) is 16.4. The summed E-state index contributed by atoms with van der Waals surface area (Å²) in [6, 6.07) is 0.483. The van der Waals surface area contributed by atoms with E-state index in [-0.39, 0.29) is 35.8 Å². The largest absolute Gasteiger partial charge is 0.379 e. The Hall–Kier alpha value is -0.610. The van der Waals surface area contributed by atoms with Crippen molar-refractivity contribution in [2.45, 2.75) is 39.2 Å². The topological polar surface area (TPSA) is 78.0 Å². The van der Waals surface area contributed by atoms with Crippen molar-refractivity contribution in [2.75, 3.05) is 53.0 Å². The molecule has 2 rings (SSSR count). The van der Waals surface area contributed by atoms with Crippen LogP contribution in [0.3, 0.4) is 0 Å². The lowest BCUT2D eigenvalue weighted by atomic mass is 10.0. The molecular formula is C18H36IN5O2. The Bertz CT molecular complexity index is 437. The number of ether oxygens (including phenoxy) is 1. The van der Waals surface area contributed by atoms with Gasteiger partial charge in [-0.05, 0) is 25.2 Å². The van der Waals surface area contributed by atoms with Crippen LogP contribution >= 0.6 is 24.0 Å². The van der Waals surface area contributed by atoms with Gasteiger partial charge in [-0.3, -0.25) is 14.7 Å². The standard InChI is InChI=1S/C18H35N5O2.HI/c1-14(2)12-16(23-8-10-25-11-9-23)13-22-18(19-3)21-7-6-20-17(24)15-4-5-15;/h14-16H,4-13H2,1-3H3,(H,20,24)(H2,19,21,22);1H. The maximum absolute atomic E-state index is 11.6. The van der Waals surface area contributed by atoms with Gasteiger partial charge < -0.3 is 20.7 Å². The summed E-state index contributed by atoms with van der Waals surface area (Å²) in [5.41, 5.74) is 0. The van der Waals surface area contributed by atoms with Gasteiger partial charge in [-0.1, -0.05) is 13.8 Å².